The summed E-state index contributed by atoms with van der Waals surface area (Å²) in [4.78, 5) is 2.31. The molecular weight excluding hydrogens is 410 g/mol. The van der Waals surface area contributed by atoms with Crippen molar-refractivity contribution >= 4 is 38.6 Å². The highest BCUT2D eigenvalue weighted by Gasteiger charge is 2.14. The van der Waals surface area contributed by atoms with Gasteiger partial charge in [0.25, 0.3) is 0 Å². The zero-order chi connectivity index (χ0) is 22.9. The van der Waals surface area contributed by atoms with Crippen LogP contribution < -0.4 is 4.90 Å². The molecule has 0 bridgehead atoms. The molecule has 0 amide bonds. The van der Waals surface area contributed by atoms with Gasteiger partial charge in [0.2, 0.25) is 0 Å². The van der Waals surface area contributed by atoms with Crippen LogP contribution in [0.25, 0.3) is 32.7 Å². The number of benzene rings is 6. The van der Waals surface area contributed by atoms with Gasteiger partial charge in [-0.15, -0.1) is 0 Å². The summed E-state index contributed by atoms with van der Waals surface area (Å²) in [5.41, 5.74) is 7.23. The molecule has 1 heteroatoms. The molecule has 0 aliphatic rings. The summed E-state index contributed by atoms with van der Waals surface area (Å²) in [6, 6.07) is 47.9. The fourth-order valence-corrected chi connectivity index (χ4v) is 4.82. The van der Waals surface area contributed by atoms with Gasteiger partial charge in [-0.25, -0.2) is 0 Å². The van der Waals surface area contributed by atoms with E-state index < -0.39 is 0 Å². The lowest BCUT2D eigenvalue weighted by molar-refractivity contribution is 1.28. The Hall–Kier alpha value is -4.36. The first-order chi connectivity index (χ1) is 16.8. The standard InChI is InChI=1S/C33H25N/c1-24-15-19-29(20-16-24)34(28-11-3-2-4-12-28)30-21-17-25(18-22-30)33-31-13-7-5-9-26(31)23-27-10-6-8-14-32(27)33/h2-23H,1H3. The maximum atomic E-state index is 2.31. The van der Waals surface area contributed by atoms with E-state index in [2.05, 4.69) is 145 Å². The van der Waals surface area contributed by atoms with Gasteiger partial charge in [-0.05, 0) is 82.1 Å². The third-order valence-electron chi connectivity index (χ3n) is 6.49. The van der Waals surface area contributed by atoms with E-state index in [1.54, 1.807) is 0 Å². The second kappa shape index (κ2) is 8.53. The molecule has 0 aliphatic carbocycles. The molecule has 0 fully saturated rings. The highest BCUT2D eigenvalue weighted by Crippen LogP contribution is 2.39. The summed E-state index contributed by atoms with van der Waals surface area (Å²) in [6.07, 6.45) is 0. The molecule has 0 heterocycles. The zero-order valence-corrected chi connectivity index (χ0v) is 19.1. The normalized spacial score (nSPS) is 11.1. The first-order valence-corrected chi connectivity index (χ1v) is 11.7. The van der Waals surface area contributed by atoms with Gasteiger partial charge in [0.15, 0.2) is 0 Å². The van der Waals surface area contributed by atoms with Gasteiger partial charge in [0.05, 0.1) is 0 Å². The van der Waals surface area contributed by atoms with Gasteiger partial charge in [-0.2, -0.15) is 0 Å². The molecule has 0 saturated carbocycles. The van der Waals surface area contributed by atoms with Crippen molar-refractivity contribution in [2.75, 3.05) is 4.90 Å². The average molecular weight is 436 g/mol. The first kappa shape index (κ1) is 20.3. The lowest BCUT2D eigenvalue weighted by Crippen LogP contribution is -2.09. The van der Waals surface area contributed by atoms with Crippen molar-refractivity contribution in [3.8, 4) is 11.1 Å². The van der Waals surface area contributed by atoms with Crippen molar-refractivity contribution in [1.29, 1.82) is 0 Å². The molecule has 6 rings (SSSR count). The van der Waals surface area contributed by atoms with Crippen LogP contribution in [-0.4, -0.2) is 0 Å². The molecule has 1 nitrogen and oxygen atoms in total. The quantitative estimate of drug-likeness (QED) is 0.249. The molecule has 6 aromatic carbocycles. The van der Waals surface area contributed by atoms with Crippen LogP contribution in [-0.2, 0) is 0 Å². The largest absolute Gasteiger partial charge is 0.311 e. The number of hydrogen-bond acceptors (Lipinski definition) is 1. The van der Waals surface area contributed by atoms with E-state index in [4.69, 9.17) is 0 Å². The van der Waals surface area contributed by atoms with Crippen molar-refractivity contribution in [2.45, 2.75) is 6.92 Å². The Balaban J connectivity index is 1.51. The van der Waals surface area contributed by atoms with E-state index in [-0.39, 0.29) is 0 Å². The Morgan fingerprint density at radius 2 is 0.912 bits per heavy atom. The summed E-state index contributed by atoms with van der Waals surface area (Å²) in [5.74, 6) is 0. The van der Waals surface area contributed by atoms with Crippen molar-refractivity contribution in [3.05, 3.63) is 139 Å². The van der Waals surface area contributed by atoms with Crippen molar-refractivity contribution in [2.24, 2.45) is 0 Å². The molecule has 162 valence electrons. The third-order valence-corrected chi connectivity index (χ3v) is 6.49. The van der Waals surface area contributed by atoms with Crippen LogP contribution in [0, 0.1) is 6.92 Å². The Bertz CT molecular complexity index is 1530. The van der Waals surface area contributed by atoms with Crippen molar-refractivity contribution < 1.29 is 0 Å². The Kier molecular flexibility index (Phi) is 5.08. The molecule has 6 aromatic rings. The van der Waals surface area contributed by atoms with Crippen LogP contribution in [0.3, 0.4) is 0 Å². The lowest BCUT2D eigenvalue weighted by Gasteiger charge is -2.26. The molecular formula is C33H25N. The maximum Gasteiger partial charge on any atom is 0.0462 e. The lowest BCUT2D eigenvalue weighted by atomic mass is 9.92. The fraction of sp³-hybridized carbons (Fsp3) is 0.0303. The Morgan fingerprint density at radius 1 is 0.441 bits per heavy atom. The number of para-hydroxylation sites is 1. The molecule has 0 radical (unpaired) electrons. The van der Waals surface area contributed by atoms with Gasteiger partial charge in [0.1, 0.15) is 0 Å². The van der Waals surface area contributed by atoms with Gasteiger partial charge >= 0.3 is 0 Å². The molecule has 0 spiro atoms. The monoisotopic (exact) mass is 435 g/mol. The summed E-state index contributed by atoms with van der Waals surface area (Å²) in [7, 11) is 0. The first-order valence-electron chi connectivity index (χ1n) is 11.7. The molecule has 0 N–H and O–H groups in total. The van der Waals surface area contributed by atoms with E-state index in [0.29, 0.717) is 0 Å². The molecule has 34 heavy (non-hydrogen) atoms. The van der Waals surface area contributed by atoms with Crippen LogP contribution in [0.15, 0.2) is 133 Å². The van der Waals surface area contributed by atoms with Gasteiger partial charge in [0, 0.05) is 17.1 Å². The second-order valence-corrected chi connectivity index (χ2v) is 8.75. The highest BCUT2D eigenvalue weighted by atomic mass is 15.1. The summed E-state index contributed by atoms with van der Waals surface area (Å²) in [6.45, 7) is 2.12. The van der Waals surface area contributed by atoms with Gasteiger partial charge in [-0.3, -0.25) is 0 Å². The smallest absolute Gasteiger partial charge is 0.0462 e. The Labute approximate surface area is 200 Å². The van der Waals surface area contributed by atoms with E-state index in [0.717, 1.165) is 17.1 Å². The number of rotatable bonds is 4. The summed E-state index contributed by atoms with van der Waals surface area (Å²) >= 11 is 0. The van der Waals surface area contributed by atoms with Crippen LogP contribution in [0.4, 0.5) is 17.1 Å². The zero-order valence-electron chi connectivity index (χ0n) is 19.1. The third kappa shape index (κ3) is 3.62. The van der Waals surface area contributed by atoms with Crippen LogP contribution >= 0.6 is 0 Å². The predicted octanol–water partition coefficient (Wildman–Crippen LogP) is 9.44. The van der Waals surface area contributed by atoms with E-state index in [1.807, 2.05) is 0 Å². The molecule has 0 atom stereocenters. The minimum absolute atomic E-state index is 1.14. The van der Waals surface area contributed by atoms with E-state index >= 15 is 0 Å². The predicted molar refractivity (Wildman–Crippen MR) is 146 cm³/mol. The number of hydrogen-bond donors (Lipinski definition) is 0. The number of nitrogens with zero attached hydrogens (tertiary/aromatic N) is 1. The van der Waals surface area contributed by atoms with Gasteiger partial charge < -0.3 is 4.90 Å². The minimum atomic E-state index is 1.14. The van der Waals surface area contributed by atoms with Crippen LogP contribution in [0.2, 0.25) is 0 Å². The van der Waals surface area contributed by atoms with Crippen molar-refractivity contribution in [1.82, 2.24) is 0 Å². The van der Waals surface area contributed by atoms with Crippen LogP contribution in [0.5, 0.6) is 0 Å². The van der Waals surface area contributed by atoms with Crippen molar-refractivity contribution in [3.63, 3.8) is 0 Å². The van der Waals surface area contributed by atoms with Gasteiger partial charge in [-0.1, -0.05) is 96.6 Å². The average Bonchev–Trinajstić information content (AvgIpc) is 2.90. The Morgan fingerprint density at radius 3 is 1.50 bits per heavy atom. The van der Waals surface area contributed by atoms with E-state index in [1.165, 1.54) is 38.2 Å². The summed E-state index contributed by atoms with van der Waals surface area (Å²) in [5, 5.41) is 5.11. The number of aryl methyl sites for hydroxylation is 1. The summed E-state index contributed by atoms with van der Waals surface area (Å²) < 4.78 is 0. The molecule has 0 aliphatic heterocycles. The second-order valence-electron chi connectivity index (χ2n) is 8.75. The van der Waals surface area contributed by atoms with Crippen LogP contribution in [0.1, 0.15) is 5.56 Å². The molecule has 0 saturated heterocycles. The minimum Gasteiger partial charge on any atom is -0.311 e. The molecule has 0 unspecified atom stereocenters. The number of fused-ring (bicyclic) bond motifs is 2. The topological polar surface area (TPSA) is 3.24 Å². The SMILES string of the molecule is Cc1ccc(N(c2ccccc2)c2ccc(-c3c4ccccc4cc4ccccc34)cc2)cc1. The number of anilines is 3. The maximum absolute atomic E-state index is 2.31. The molecule has 0 aromatic heterocycles. The van der Waals surface area contributed by atoms with E-state index in [9.17, 15) is 0 Å². The highest BCUT2D eigenvalue weighted by molar-refractivity contribution is 6.12. The fourth-order valence-electron chi connectivity index (χ4n) is 4.82.